The highest BCUT2D eigenvalue weighted by Gasteiger charge is 2.08. The standard InChI is InChI=1S/C38H58O4/c1-3-5-7-9-10-11-12-13-14-15-16-17-18-19-20-21-22-27-31-35-38(41)42-36(32-28-24-8-6-4-2)33-29-25-23-26-30-34-37(39)40/h5-8,10-11,13-14,16-17,19-20,28-29,32-33,36H,3-4,9,12,15,18,21-27,30-31,34-35H2,1-2H3,(H,39,40)/b7-5-,8-6-,11-10-,14-13-,17-16-,20-19-,32-28-,33-29-. The van der Waals surface area contributed by atoms with Crippen LogP contribution in [0.2, 0.25) is 0 Å². The molecule has 0 aromatic heterocycles. The first-order valence-corrected chi connectivity index (χ1v) is 16.2. The van der Waals surface area contributed by atoms with Crippen LogP contribution in [0.1, 0.15) is 123 Å². The van der Waals surface area contributed by atoms with E-state index in [4.69, 9.17) is 9.84 Å². The first-order chi connectivity index (χ1) is 20.6. The Kier molecular flexibility index (Phi) is 30.0. The summed E-state index contributed by atoms with van der Waals surface area (Å²) in [7, 11) is 0. The molecule has 1 atom stereocenters. The summed E-state index contributed by atoms with van der Waals surface area (Å²) in [5.74, 6) is -0.899. The van der Waals surface area contributed by atoms with E-state index >= 15 is 0 Å². The largest absolute Gasteiger partial charge is 0.481 e. The lowest BCUT2D eigenvalue weighted by atomic mass is 10.1. The Hall–Kier alpha value is -3.14. The molecule has 0 rings (SSSR count). The van der Waals surface area contributed by atoms with Crippen molar-refractivity contribution in [3.05, 3.63) is 97.2 Å². The van der Waals surface area contributed by atoms with Gasteiger partial charge in [0.2, 0.25) is 0 Å². The van der Waals surface area contributed by atoms with Gasteiger partial charge in [-0.15, -0.1) is 0 Å². The number of allylic oxidation sites excluding steroid dienone is 14. The monoisotopic (exact) mass is 578 g/mol. The second-order valence-corrected chi connectivity index (χ2v) is 10.2. The number of carbonyl (C=O) groups is 2. The van der Waals surface area contributed by atoms with Gasteiger partial charge in [0.1, 0.15) is 6.10 Å². The van der Waals surface area contributed by atoms with Gasteiger partial charge in [-0.05, 0) is 95.6 Å². The van der Waals surface area contributed by atoms with E-state index in [-0.39, 0.29) is 18.5 Å². The number of esters is 1. The van der Waals surface area contributed by atoms with Crippen molar-refractivity contribution in [1.82, 2.24) is 0 Å². The molecule has 0 bridgehead atoms. The van der Waals surface area contributed by atoms with Crippen LogP contribution in [0.4, 0.5) is 0 Å². The molecule has 0 saturated carbocycles. The van der Waals surface area contributed by atoms with Crippen molar-refractivity contribution in [2.45, 2.75) is 129 Å². The maximum absolute atomic E-state index is 12.4. The van der Waals surface area contributed by atoms with Gasteiger partial charge < -0.3 is 9.84 Å². The SMILES string of the molecule is CC/C=C\C/C=C\C/C=C\C/C=C\C/C=C\CCCCCC(=O)OC(/C=C\C/C=C\CC)/C=C\CCCCCC(=O)O. The summed E-state index contributed by atoms with van der Waals surface area (Å²) in [6.07, 6.45) is 48.9. The quantitative estimate of drug-likeness (QED) is 0.0598. The van der Waals surface area contributed by atoms with E-state index in [0.717, 1.165) is 89.9 Å². The lowest BCUT2D eigenvalue weighted by Gasteiger charge is -2.11. The topological polar surface area (TPSA) is 63.6 Å². The zero-order valence-electron chi connectivity index (χ0n) is 26.5. The molecule has 0 aromatic rings. The molecule has 0 heterocycles. The van der Waals surface area contributed by atoms with Crippen LogP contribution in [0.3, 0.4) is 0 Å². The predicted octanol–water partition coefficient (Wildman–Crippen LogP) is 11.1. The highest BCUT2D eigenvalue weighted by Crippen LogP contribution is 2.10. The zero-order valence-corrected chi connectivity index (χ0v) is 26.5. The summed E-state index contributed by atoms with van der Waals surface area (Å²) in [6.45, 7) is 4.26. The molecule has 0 fully saturated rings. The molecule has 0 radical (unpaired) electrons. The number of carbonyl (C=O) groups excluding carboxylic acids is 1. The molecule has 4 heteroatoms. The van der Waals surface area contributed by atoms with E-state index in [1.807, 2.05) is 24.3 Å². The number of carboxylic acid groups (broad SMARTS) is 1. The molecule has 0 aliphatic heterocycles. The summed E-state index contributed by atoms with van der Waals surface area (Å²) in [5.41, 5.74) is 0. The number of hydrogen-bond donors (Lipinski definition) is 1. The van der Waals surface area contributed by atoms with Gasteiger partial charge in [-0.2, -0.15) is 0 Å². The third kappa shape index (κ3) is 31.4. The number of ether oxygens (including phenoxy) is 1. The van der Waals surface area contributed by atoms with Gasteiger partial charge in [0.25, 0.3) is 0 Å². The second-order valence-electron chi connectivity index (χ2n) is 10.2. The Balaban J connectivity index is 4.10. The minimum absolute atomic E-state index is 0.158. The lowest BCUT2D eigenvalue weighted by Crippen LogP contribution is -2.13. The number of hydrogen-bond acceptors (Lipinski definition) is 3. The van der Waals surface area contributed by atoms with Gasteiger partial charge in [-0.1, -0.05) is 112 Å². The fourth-order valence-corrected chi connectivity index (χ4v) is 3.93. The minimum atomic E-state index is -0.742. The molecule has 0 aliphatic carbocycles. The third-order valence-corrected chi connectivity index (χ3v) is 6.26. The molecule has 0 spiro atoms. The number of aliphatic carboxylic acids is 1. The molecule has 42 heavy (non-hydrogen) atoms. The molecule has 1 N–H and O–H groups in total. The molecular weight excluding hydrogens is 520 g/mol. The first-order valence-electron chi connectivity index (χ1n) is 16.2. The van der Waals surface area contributed by atoms with Gasteiger partial charge in [0, 0.05) is 12.8 Å². The summed E-state index contributed by atoms with van der Waals surface area (Å²) < 4.78 is 5.71. The molecule has 234 valence electrons. The fraction of sp³-hybridized carbons (Fsp3) is 0.526. The zero-order chi connectivity index (χ0) is 30.8. The average molecular weight is 579 g/mol. The fourth-order valence-electron chi connectivity index (χ4n) is 3.93. The van der Waals surface area contributed by atoms with Crippen LogP contribution in [0.15, 0.2) is 97.2 Å². The Bertz CT molecular complexity index is 883. The molecule has 0 saturated heterocycles. The van der Waals surface area contributed by atoms with Crippen molar-refractivity contribution in [2.75, 3.05) is 0 Å². The molecule has 1 unspecified atom stereocenters. The van der Waals surface area contributed by atoms with Crippen molar-refractivity contribution in [3.8, 4) is 0 Å². The normalized spacial score (nSPS) is 13.6. The summed E-state index contributed by atoms with van der Waals surface area (Å²) in [5, 5.41) is 8.73. The number of unbranched alkanes of at least 4 members (excludes halogenated alkanes) is 6. The van der Waals surface area contributed by atoms with Crippen LogP contribution in [0.25, 0.3) is 0 Å². The van der Waals surface area contributed by atoms with E-state index in [1.54, 1.807) is 0 Å². The number of carboxylic acids is 1. The molecule has 0 aromatic carbocycles. The van der Waals surface area contributed by atoms with Crippen molar-refractivity contribution in [1.29, 1.82) is 0 Å². The van der Waals surface area contributed by atoms with Crippen LogP contribution in [-0.4, -0.2) is 23.1 Å². The van der Waals surface area contributed by atoms with Crippen LogP contribution < -0.4 is 0 Å². The van der Waals surface area contributed by atoms with Crippen LogP contribution in [-0.2, 0) is 14.3 Å². The predicted molar refractivity (Wildman–Crippen MR) is 180 cm³/mol. The minimum Gasteiger partial charge on any atom is -0.481 e. The van der Waals surface area contributed by atoms with E-state index in [9.17, 15) is 9.59 Å². The van der Waals surface area contributed by atoms with Crippen LogP contribution >= 0.6 is 0 Å². The maximum Gasteiger partial charge on any atom is 0.306 e. The molecule has 0 aliphatic rings. The smallest absolute Gasteiger partial charge is 0.306 e. The van der Waals surface area contributed by atoms with E-state index in [2.05, 4.69) is 86.8 Å². The van der Waals surface area contributed by atoms with Crippen molar-refractivity contribution in [2.24, 2.45) is 0 Å². The van der Waals surface area contributed by atoms with Crippen molar-refractivity contribution >= 4 is 11.9 Å². The lowest BCUT2D eigenvalue weighted by molar-refractivity contribution is -0.145. The van der Waals surface area contributed by atoms with Gasteiger partial charge in [0.05, 0.1) is 0 Å². The summed E-state index contributed by atoms with van der Waals surface area (Å²) in [6, 6.07) is 0. The second kappa shape index (κ2) is 32.4. The number of rotatable bonds is 27. The molecule has 0 amide bonds. The van der Waals surface area contributed by atoms with Gasteiger partial charge in [0.15, 0.2) is 0 Å². The third-order valence-electron chi connectivity index (χ3n) is 6.26. The summed E-state index contributed by atoms with van der Waals surface area (Å²) >= 11 is 0. The Morgan fingerprint density at radius 1 is 0.524 bits per heavy atom. The Morgan fingerprint density at radius 2 is 0.952 bits per heavy atom. The van der Waals surface area contributed by atoms with Crippen molar-refractivity contribution in [3.63, 3.8) is 0 Å². The van der Waals surface area contributed by atoms with Crippen LogP contribution in [0, 0.1) is 0 Å². The molecule has 4 nitrogen and oxygen atoms in total. The molecular formula is C38H58O4. The Morgan fingerprint density at radius 3 is 1.48 bits per heavy atom. The van der Waals surface area contributed by atoms with Crippen LogP contribution in [0.5, 0.6) is 0 Å². The maximum atomic E-state index is 12.4. The Labute approximate surface area is 257 Å². The van der Waals surface area contributed by atoms with Crippen molar-refractivity contribution < 1.29 is 19.4 Å². The van der Waals surface area contributed by atoms with E-state index < -0.39 is 5.97 Å². The highest BCUT2D eigenvalue weighted by atomic mass is 16.5. The van der Waals surface area contributed by atoms with Gasteiger partial charge in [-0.25, -0.2) is 0 Å². The van der Waals surface area contributed by atoms with Gasteiger partial charge >= 0.3 is 11.9 Å². The van der Waals surface area contributed by atoms with E-state index in [1.165, 1.54) is 0 Å². The van der Waals surface area contributed by atoms with E-state index in [0.29, 0.717) is 12.8 Å². The summed E-state index contributed by atoms with van der Waals surface area (Å²) in [4.78, 5) is 23.0. The van der Waals surface area contributed by atoms with Gasteiger partial charge in [-0.3, -0.25) is 9.59 Å². The highest BCUT2D eigenvalue weighted by molar-refractivity contribution is 5.69. The average Bonchev–Trinajstić information content (AvgIpc) is 2.97. The first kappa shape index (κ1) is 38.9.